The first-order valence-corrected chi connectivity index (χ1v) is 17.7. The van der Waals surface area contributed by atoms with Crippen molar-refractivity contribution >= 4 is 23.9 Å². The summed E-state index contributed by atoms with van der Waals surface area (Å²) in [6.07, 6.45) is 0. The lowest BCUT2D eigenvalue weighted by atomic mass is 9.16. The molecule has 2 aromatic rings. The Morgan fingerprint density at radius 3 is 1.02 bits per heavy atom. The van der Waals surface area contributed by atoms with E-state index in [1.807, 2.05) is 0 Å². The second-order valence-corrected chi connectivity index (χ2v) is 13.8. The minimum Gasteiger partial charge on any atom is -0.497 e. The number of ether oxygens (including phenoxy) is 8. The average Bonchev–Trinajstić information content (AvgIpc) is 3.13. The van der Waals surface area contributed by atoms with Crippen LogP contribution in [0.2, 0.25) is 0 Å². The van der Waals surface area contributed by atoms with Crippen molar-refractivity contribution in [2.45, 2.75) is 63.7 Å². The number of carbonyl (C=O) groups excluding carboxylic acids is 4. The van der Waals surface area contributed by atoms with E-state index in [2.05, 4.69) is 10.6 Å². The van der Waals surface area contributed by atoms with Crippen LogP contribution in [0.5, 0.6) is 23.0 Å². The Morgan fingerprint density at radius 1 is 0.500 bits per heavy atom. The Hall–Kier alpha value is -4.56. The maximum absolute atomic E-state index is 15.0. The van der Waals surface area contributed by atoms with Gasteiger partial charge in [-0.2, -0.15) is 0 Å². The van der Waals surface area contributed by atoms with Gasteiger partial charge in [-0.3, -0.25) is 19.2 Å². The molecule has 0 aromatic heterocycles. The monoisotopic (exact) mass is 722 g/mol. The van der Waals surface area contributed by atoms with Gasteiger partial charge in [-0.1, -0.05) is 12.1 Å². The first kappa shape index (κ1) is 35.8. The zero-order valence-corrected chi connectivity index (χ0v) is 30.7. The minimum absolute atomic E-state index is 0.0284. The highest BCUT2D eigenvalue weighted by molar-refractivity contribution is 6.03. The maximum atomic E-state index is 15.0. The molecular formula is C38H46N2O12. The van der Waals surface area contributed by atoms with Crippen LogP contribution in [0.25, 0.3) is 0 Å². The summed E-state index contributed by atoms with van der Waals surface area (Å²) < 4.78 is 46.6. The molecule has 0 atom stereocenters. The Balaban J connectivity index is 1.63. The van der Waals surface area contributed by atoms with Gasteiger partial charge in [0, 0.05) is 59.3 Å². The second-order valence-electron chi connectivity index (χ2n) is 13.8. The lowest BCUT2D eigenvalue weighted by Crippen LogP contribution is -3.09. The zero-order valence-electron chi connectivity index (χ0n) is 30.7. The fourth-order valence-corrected chi connectivity index (χ4v) is 11.2. The normalized spacial score (nSPS) is 35.3. The number of benzene rings is 2. The number of nitrogens with one attached hydrogen (secondary N) is 2. The predicted octanol–water partition coefficient (Wildman–Crippen LogP) is 2.51. The van der Waals surface area contributed by atoms with Gasteiger partial charge >= 0.3 is 23.9 Å². The largest absolute Gasteiger partial charge is 0.497 e. The highest BCUT2D eigenvalue weighted by atomic mass is 16.6. The Bertz CT molecular complexity index is 1590. The van der Waals surface area contributed by atoms with Gasteiger partial charge in [0.1, 0.15) is 44.7 Å². The van der Waals surface area contributed by atoms with Crippen LogP contribution in [0.1, 0.15) is 50.7 Å². The SMILES string of the molecule is CCOC(=O)C12C3NC4C(C(=O)OCC)(C5NC1C3(C(=O)OCC)C(c1ccc(OC)cc1OC)C45C(=O)OCC)C2c1ccc(OC)cc1OC. The quantitative estimate of drug-likeness (QED) is 0.216. The molecule has 14 heteroatoms. The third-order valence-corrected chi connectivity index (χ3v) is 12.4. The number of carbonyl (C=O) groups is 4. The first-order valence-electron chi connectivity index (χ1n) is 17.7. The molecule has 8 rings (SSSR count). The summed E-state index contributed by atoms with van der Waals surface area (Å²) in [5.41, 5.74) is -5.42. The molecular weight excluding hydrogens is 676 g/mol. The second kappa shape index (κ2) is 12.5. The van der Waals surface area contributed by atoms with Crippen molar-refractivity contribution in [2.75, 3.05) is 54.9 Å². The molecule has 0 radical (unpaired) electrons. The first-order chi connectivity index (χ1) is 25.1. The Kier molecular flexibility index (Phi) is 8.64. The molecule has 4 saturated heterocycles. The molecule has 4 aliphatic heterocycles. The van der Waals surface area contributed by atoms with Crippen LogP contribution in [0.4, 0.5) is 0 Å². The summed E-state index contributed by atoms with van der Waals surface area (Å²) in [6.45, 7) is 6.92. The third kappa shape index (κ3) is 3.81. The molecule has 2 aliphatic carbocycles. The van der Waals surface area contributed by atoms with Crippen LogP contribution in [0, 0.1) is 21.7 Å². The smallest absolute Gasteiger partial charge is 0.316 e. The van der Waals surface area contributed by atoms with Crippen molar-refractivity contribution in [1.29, 1.82) is 0 Å². The van der Waals surface area contributed by atoms with Gasteiger partial charge < -0.3 is 48.5 Å². The van der Waals surface area contributed by atoms with E-state index in [-0.39, 0.29) is 26.4 Å². The van der Waals surface area contributed by atoms with E-state index in [1.165, 1.54) is 28.4 Å². The van der Waals surface area contributed by atoms with Gasteiger partial charge in [-0.15, -0.1) is 0 Å². The van der Waals surface area contributed by atoms with Crippen molar-refractivity contribution < 1.29 is 57.1 Å². The molecule has 0 unspecified atom stereocenters. The van der Waals surface area contributed by atoms with E-state index in [4.69, 9.17) is 37.9 Å². The van der Waals surface area contributed by atoms with Crippen molar-refractivity contribution in [3.8, 4) is 23.0 Å². The van der Waals surface area contributed by atoms with Crippen molar-refractivity contribution in [3.63, 3.8) is 0 Å². The molecule has 6 fully saturated rings. The number of hydrogen-bond acceptors (Lipinski definition) is 14. The lowest BCUT2D eigenvalue weighted by Gasteiger charge is -2.91. The average molecular weight is 723 g/mol. The number of esters is 4. The van der Waals surface area contributed by atoms with Gasteiger partial charge in [0.15, 0.2) is 0 Å². The summed E-state index contributed by atoms with van der Waals surface area (Å²) in [7, 11) is 6.03. The molecule has 4 heterocycles. The number of rotatable bonds is 14. The summed E-state index contributed by atoms with van der Waals surface area (Å²) >= 11 is 0. The lowest BCUT2D eigenvalue weighted by molar-refractivity contribution is -0.367. The number of hydrogen-bond donors (Lipinski definition) is 2. The molecule has 8 bridgehead atoms. The van der Waals surface area contributed by atoms with Gasteiger partial charge in [0.25, 0.3) is 0 Å². The van der Waals surface area contributed by atoms with Gasteiger partial charge in [0.2, 0.25) is 0 Å². The summed E-state index contributed by atoms with van der Waals surface area (Å²) in [4.78, 5) is 59.9. The Labute approximate surface area is 302 Å². The highest BCUT2D eigenvalue weighted by Crippen LogP contribution is 2.88. The van der Waals surface area contributed by atoms with E-state index >= 15 is 0 Å². The number of methoxy groups -OCH3 is 4. The number of piperidine rings is 4. The summed E-state index contributed by atoms with van der Waals surface area (Å²) in [5, 5.41) is 7.16. The van der Waals surface area contributed by atoms with E-state index in [0.29, 0.717) is 34.1 Å². The molecule has 280 valence electrons. The highest BCUT2D eigenvalue weighted by Gasteiger charge is 3.03. The molecule has 14 nitrogen and oxygen atoms in total. The van der Waals surface area contributed by atoms with Crippen LogP contribution in [-0.2, 0) is 38.1 Å². The van der Waals surface area contributed by atoms with Crippen LogP contribution in [0.3, 0.4) is 0 Å². The van der Waals surface area contributed by atoms with E-state index in [9.17, 15) is 19.2 Å². The fraction of sp³-hybridized carbons (Fsp3) is 0.579. The minimum atomic E-state index is -1.61. The molecule has 6 aliphatic rings. The topological polar surface area (TPSA) is 166 Å². The maximum Gasteiger partial charge on any atom is 0.316 e. The zero-order chi connectivity index (χ0) is 37.4. The van der Waals surface area contributed by atoms with E-state index in [0.717, 1.165) is 0 Å². The summed E-state index contributed by atoms with van der Waals surface area (Å²) in [6, 6.07) is 6.31. The summed E-state index contributed by atoms with van der Waals surface area (Å²) in [5.74, 6) is -2.81. The van der Waals surface area contributed by atoms with Crippen LogP contribution < -0.4 is 29.6 Å². The molecule has 2 aromatic carbocycles. The van der Waals surface area contributed by atoms with Crippen molar-refractivity contribution in [1.82, 2.24) is 10.6 Å². The van der Waals surface area contributed by atoms with Crippen LogP contribution in [0.15, 0.2) is 36.4 Å². The van der Waals surface area contributed by atoms with Crippen LogP contribution >= 0.6 is 0 Å². The van der Waals surface area contributed by atoms with Crippen molar-refractivity contribution in [2.24, 2.45) is 21.7 Å². The van der Waals surface area contributed by atoms with Gasteiger partial charge in [-0.05, 0) is 39.8 Å². The molecule has 0 amide bonds. The fourth-order valence-electron chi connectivity index (χ4n) is 11.2. The van der Waals surface area contributed by atoms with Gasteiger partial charge in [0.05, 0.1) is 54.9 Å². The molecule has 2 saturated carbocycles. The standard InChI is InChI=1S/C38H46N2O12/c1-9-49-31(41)35-25(21-15-13-19(45-5)17-23(21)47-7)36(32(42)50-10-2)29-38(34(44)52-12-4)26(22-16-14-20(46-6)18-24(22)48-8)37(27(35)39-29,33(43)51-11-3)28(35)40-30(36)38/h13-18,25-30,39-40H,9-12H2,1-8H3. The molecule has 52 heavy (non-hydrogen) atoms. The van der Waals surface area contributed by atoms with E-state index < -0.39 is 81.5 Å². The Morgan fingerprint density at radius 2 is 0.788 bits per heavy atom. The van der Waals surface area contributed by atoms with Crippen LogP contribution in [-0.4, -0.2) is 103 Å². The third-order valence-electron chi connectivity index (χ3n) is 12.4. The van der Waals surface area contributed by atoms with Crippen molar-refractivity contribution in [3.05, 3.63) is 47.5 Å². The van der Waals surface area contributed by atoms with E-state index in [1.54, 1.807) is 64.1 Å². The molecule has 2 N–H and O–H groups in total. The molecule has 0 spiro atoms. The van der Waals surface area contributed by atoms with Gasteiger partial charge in [-0.25, -0.2) is 0 Å². The predicted molar refractivity (Wildman–Crippen MR) is 182 cm³/mol.